The number of ether oxygens (including phenoxy) is 2. The molecule has 1 aliphatic heterocycles. The Labute approximate surface area is 161 Å². The van der Waals surface area contributed by atoms with Crippen molar-refractivity contribution in [3.05, 3.63) is 36.2 Å². The molecule has 1 atom stereocenters. The number of unbranched alkanes of at least 4 members (excludes halogenated alkanes) is 12. The summed E-state index contributed by atoms with van der Waals surface area (Å²) in [6, 6.07) is 8.55. The summed E-state index contributed by atoms with van der Waals surface area (Å²) in [5, 5.41) is 0. The predicted octanol–water partition coefficient (Wildman–Crippen LogP) is 6.91. The Morgan fingerprint density at radius 3 is 2.38 bits per heavy atom. The molecule has 1 radical (unpaired) electrons. The lowest BCUT2D eigenvalue weighted by atomic mass is 10.0. The van der Waals surface area contributed by atoms with Crippen LogP contribution in [0.2, 0.25) is 0 Å². The first-order valence-electron chi connectivity index (χ1n) is 11.0. The van der Waals surface area contributed by atoms with E-state index in [1.165, 1.54) is 82.6 Å². The molecule has 1 aromatic rings. The molecular weight excluding hydrogens is 320 g/mol. The van der Waals surface area contributed by atoms with Crippen LogP contribution in [0.4, 0.5) is 0 Å². The molecule has 147 valence electrons. The van der Waals surface area contributed by atoms with Crippen LogP contribution in [0.5, 0.6) is 5.75 Å². The van der Waals surface area contributed by atoms with E-state index in [9.17, 15) is 0 Å². The second kappa shape index (κ2) is 14.1. The highest BCUT2D eigenvalue weighted by Crippen LogP contribution is 2.18. The minimum absolute atomic E-state index is 0.329. The summed E-state index contributed by atoms with van der Waals surface area (Å²) in [6.45, 7) is 3.83. The first kappa shape index (κ1) is 21.3. The quantitative estimate of drug-likeness (QED) is 0.222. The molecule has 0 saturated carbocycles. The SMILES string of the molecule is CCCCCCCCCC[CH]CCCCc1cccc(OCC2CO2)c1. The summed E-state index contributed by atoms with van der Waals surface area (Å²) < 4.78 is 10.9. The minimum Gasteiger partial charge on any atom is -0.491 e. The van der Waals surface area contributed by atoms with Gasteiger partial charge in [-0.1, -0.05) is 89.7 Å². The number of hydrogen-bond donors (Lipinski definition) is 0. The molecule has 1 fully saturated rings. The second-order valence-corrected chi connectivity index (χ2v) is 7.71. The molecule has 1 heterocycles. The average molecular weight is 360 g/mol. The van der Waals surface area contributed by atoms with E-state index in [1.807, 2.05) is 6.07 Å². The third kappa shape index (κ3) is 10.9. The maximum Gasteiger partial charge on any atom is 0.119 e. The van der Waals surface area contributed by atoms with Crippen molar-refractivity contribution in [3.8, 4) is 5.75 Å². The lowest BCUT2D eigenvalue weighted by Crippen LogP contribution is -2.04. The summed E-state index contributed by atoms with van der Waals surface area (Å²) in [6.07, 6.45) is 20.5. The first-order chi connectivity index (χ1) is 12.9. The predicted molar refractivity (Wildman–Crippen MR) is 111 cm³/mol. The average Bonchev–Trinajstić information content (AvgIpc) is 3.49. The van der Waals surface area contributed by atoms with Gasteiger partial charge in [-0.2, -0.15) is 0 Å². The lowest BCUT2D eigenvalue weighted by Gasteiger charge is -2.07. The monoisotopic (exact) mass is 359 g/mol. The van der Waals surface area contributed by atoms with Crippen LogP contribution in [0.25, 0.3) is 0 Å². The van der Waals surface area contributed by atoms with Gasteiger partial charge in [0.25, 0.3) is 0 Å². The smallest absolute Gasteiger partial charge is 0.119 e. The Morgan fingerprint density at radius 1 is 0.962 bits per heavy atom. The van der Waals surface area contributed by atoms with Crippen LogP contribution >= 0.6 is 0 Å². The Morgan fingerprint density at radius 2 is 1.65 bits per heavy atom. The molecule has 0 bridgehead atoms. The highest BCUT2D eigenvalue weighted by molar-refractivity contribution is 5.28. The second-order valence-electron chi connectivity index (χ2n) is 7.71. The molecule has 0 aromatic heterocycles. The van der Waals surface area contributed by atoms with Crippen molar-refractivity contribution in [1.82, 2.24) is 0 Å². The van der Waals surface area contributed by atoms with Gasteiger partial charge in [-0.3, -0.25) is 0 Å². The van der Waals surface area contributed by atoms with Gasteiger partial charge in [-0.25, -0.2) is 0 Å². The first-order valence-corrected chi connectivity index (χ1v) is 11.0. The number of benzene rings is 1. The van der Waals surface area contributed by atoms with Gasteiger partial charge >= 0.3 is 0 Å². The Balaban J connectivity index is 1.38. The lowest BCUT2D eigenvalue weighted by molar-refractivity contribution is 0.263. The summed E-state index contributed by atoms with van der Waals surface area (Å²) in [5.74, 6) is 0.985. The van der Waals surface area contributed by atoms with E-state index >= 15 is 0 Å². The Bertz CT molecular complexity index is 453. The summed E-state index contributed by atoms with van der Waals surface area (Å²) in [7, 11) is 0. The van der Waals surface area contributed by atoms with E-state index < -0.39 is 0 Å². The Kier molecular flexibility index (Phi) is 11.5. The van der Waals surface area contributed by atoms with Gasteiger partial charge in [-0.15, -0.1) is 0 Å². The molecule has 1 unspecified atom stereocenters. The third-order valence-corrected chi connectivity index (χ3v) is 5.12. The van der Waals surface area contributed by atoms with Crippen LogP contribution in [-0.4, -0.2) is 19.3 Å². The van der Waals surface area contributed by atoms with Crippen LogP contribution in [0, 0.1) is 6.42 Å². The van der Waals surface area contributed by atoms with Crippen LogP contribution in [0.15, 0.2) is 24.3 Å². The maximum atomic E-state index is 5.76. The van der Waals surface area contributed by atoms with E-state index in [2.05, 4.69) is 31.5 Å². The van der Waals surface area contributed by atoms with Gasteiger partial charge < -0.3 is 9.47 Å². The highest BCUT2D eigenvalue weighted by atomic mass is 16.6. The van der Waals surface area contributed by atoms with Gasteiger partial charge in [0.2, 0.25) is 0 Å². The van der Waals surface area contributed by atoms with E-state index in [-0.39, 0.29) is 0 Å². The van der Waals surface area contributed by atoms with Crippen molar-refractivity contribution in [1.29, 1.82) is 0 Å². The largest absolute Gasteiger partial charge is 0.491 e. The van der Waals surface area contributed by atoms with Crippen molar-refractivity contribution >= 4 is 0 Å². The zero-order chi connectivity index (χ0) is 18.3. The number of rotatable bonds is 17. The minimum atomic E-state index is 0.329. The highest BCUT2D eigenvalue weighted by Gasteiger charge is 2.22. The van der Waals surface area contributed by atoms with E-state index in [4.69, 9.17) is 9.47 Å². The van der Waals surface area contributed by atoms with Crippen molar-refractivity contribution in [3.63, 3.8) is 0 Å². The standard InChI is InChI=1S/C24H39O2/c1-2-3-4-5-6-7-8-9-10-11-12-13-14-16-22-17-15-18-23(19-22)25-20-24-21-26-24/h11,15,17-19,24H,2-10,12-14,16,20-21H2,1H3. The zero-order valence-electron chi connectivity index (χ0n) is 16.9. The van der Waals surface area contributed by atoms with Gasteiger partial charge in [0.05, 0.1) is 6.61 Å². The summed E-state index contributed by atoms with van der Waals surface area (Å²) in [4.78, 5) is 0. The van der Waals surface area contributed by atoms with Crippen molar-refractivity contribution in [2.24, 2.45) is 0 Å². The number of hydrogen-bond acceptors (Lipinski definition) is 2. The maximum absolute atomic E-state index is 5.76. The van der Waals surface area contributed by atoms with Gasteiger partial charge in [-0.05, 0) is 37.0 Å². The fraction of sp³-hybridized carbons (Fsp3) is 0.708. The molecule has 2 heteroatoms. The van der Waals surface area contributed by atoms with Crippen LogP contribution in [0.3, 0.4) is 0 Å². The molecule has 0 aliphatic carbocycles. The van der Waals surface area contributed by atoms with Gasteiger partial charge in [0.1, 0.15) is 18.5 Å². The van der Waals surface area contributed by atoms with Crippen LogP contribution in [0.1, 0.15) is 89.5 Å². The molecular formula is C24H39O2. The normalized spacial score (nSPS) is 16.0. The fourth-order valence-corrected chi connectivity index (χ4v) is 3.33. The summed E-state index contributed by atoms with van der Waals surface area (Å²) in [5.41, 5.74) is 1.39. The van der Waals surface area contributed by atoms with E-state index in [1.54, 1.807) is 0 Å². The Hall–Kier alpha value is -1.02. The molecule has 0 amide bonds. The van der Waals surface area contributed by atoms with Crippen molar-refractivity contribution in [2.75, 3.05) is 13.2 Å². The number of epoxide rings is 1. The van der Waals surface area contributed by atoms with Crippen molar-refractivity contribution < 1.29 is 9.47 Å². The molecule has 0 spiro atoms. The molecule has 1 aliphatic rings. The molecule has 0 N–H and O–H groups in total. The summed E-state index contributed by atoms with van der Waals surface area (Å²) >= 11 is 0. The molecule has 1 saturated heterocycles. The van der Waals surface area contributed by atoms with Gasteiger partial charge in [0, 0.05) is 0 Å². The van der Waals surface area contributed by atoms with Crippen LogP contribution in [-0.2, 0) is 11.2 Å². The number of aryl methyl sites for hydroxylation is 1. The topological polar surface area (TPSA) is 21.8 Å². The zero-order valence-corrected chi connectivity index (χ0v) is 16.9. The van der Waals surface area contributed by atoms with E-state index in [0.29, 0.717) is 12.7 Å². The molecule has 1 aromatic carbocycles. The third-order valence-electron chi connectivity index (χ3n) is 5.12. The molecule has 2 nitrogen and oxygen atoms in total. The van der Waals surface area contributed by atoms with Crippen LogP contribution < -0.4 is 4.74 Å². The fourth-order valence-electron chi connectivity index (χ4n) is 3.33. The van der Waals surface area contributed by atoms with E-state index in [0.717, 1.165) is 18.8 Å². The van der Waals surface area contributed by atoms with Crippen molar-refractivity contribution in [2.45, 2.75) is 96.5 Å². The molecule has 2 rings (SSSR count). The van der Waals surface area contributed by atoms with Gasteiger partial charge in [0.15, 0.2) is 0 Å². The molecule has 26 heavy (non-hydrogen) atoms.